The highest BCUT2D eigenvalue weighted by molar-refractivity contribution is 5.94. The van der Waals surface area contributed by atoms with Crippen LogP contribution in [0.2, 0.25) is 0 Å². The number of hydrogen-bond donors (Lipinski definition) is 1. The first kappa shape index (κ1) is 17.6. The van der Waals surface area contributed by atoms with E-state index < -0.39 is 0 Å². The van der Waals surface area contributed by atoms with Gasteiger partial charge in [-0.2, -0.15) is 0 Å². The quantitative estimate of drug-likeness (QED) is 0.895. The lowest BCUT2D eigenvalue weighted by Crippen LogP contribution is -2.37. The highest BCUT2D eigenvalue weighted by Gasteiger charge is 2.50. The third kappa shape index (κ3) is 3.51. The molecule has 3 fully saturated rings. The van der Waals surface area contributed by atoms with Crippen LogP contribution in [0, 0.1) is 16.7 Å². The molecule has 1 aromatic rings. The monoisotopic (exact) mass is 354 g/mol. The molecule has 1 aromatic carbocycles. The van der Waals surface area contributed by atoms with Gasteiger partial charge in [-0.15, -0.1) is 0 Å². The summed E-state index contributed by atoms with van der Waals surface area (Å²) in [6.07, 6.45) is 5.46. The number of amides is 2. The molecule has 2 bridgehead atoms. The molecular weight excluding hydrogens is 324 g/mol. The summed E-state index contributed by atoms with van der Waals surface area (Å²) in [6, 6.07) is 8.13. The Bertz CT molecular complexity index is 720. The van der Waals surface area contributed by atoms with Gasteiger partial charge < -0.3 is 10.2 Å². The summed E-state index contributed by atoms with van der Waals surface area (Å²) in [5.74, 6) is 0.548. The number of carbonyl (C=O) groups is 2. The van der Waals surface area contributed by atoms with Gasteiger partial charge in [-0.3, -0.25) is 9.59 Å². The molecule has 0 aromatic heterocycles. The molecule has 140 valence electrons. The number of fused-ring (bicyclic) bond motifs is 2. The molecule has 1 heterocycles. The smallest absolute Gasteiger partial charge is 0.254 e. The number of hydrogen-bond acceptors (Lipinski definition) is 2. The van der Waals surface area contributed by atoms with Crippen molar-refractivity contribution in [2.75, 3.05) is 6.54 Å². The van der Waals surface area contributed by atoms with Crippen molar-refractivity contribution in [2.45, 2.75) is 65.5 Å². The second kappa shape index (κ2) is 6.11. The summed E-state index contributed by atoms with van der Waals surface area (Å²) < 4.78 is 0. The number of likely N-dealkylation sites (tertiary alicyclic amines) is 1. The van der Waals surface area contributed by atoms with Crippen molar-refractivity contribution in [3.05, 3.63) is 35.4 Å². The van der Waals surface area contributed by atoms with Gasteiger partial charge in [0.1, 0.15) is 0 Å². The fraction of sp³-hybridized carbons (Fsp3) is 0.636. The summed E-state index contributed by atoms with van der Waals surface area (Å²) in [4.78, 5) is 26.9. The van der Waals surface area contributed by atoms with E-state index in [1.54, 1.807) is 0 Å². The van der Waals surface area contributed by atoms with Crippen molar-refractivity contribution in [2.24, 2.45) is 16.7 Å². The van der Waals surface area contributed by atoms with E-state index in [1.807, 2.05) is 24.3 Å². The van der Waals surface area contributed by atoms with Crippen molar-refractivity contribution in [1.82, 2.24) is 10.2 Å². The van der Waals surface area contributed by atoms with E-state index in [9.17, 15) is 9.59 Å². The Morgan fingerprint density at radius 3 is 2.46 bits per heavy atom. The van der Waals surface area contributed by atoms with E-state index in [-0.39, 0.29) is 23.1 Å². The fourth-order valence-corrected chi connectivity index (χ4v) is 5.31. The normalized spacial score (nSPS) is 29.5. The topological polar surface area (TPSA) is 49.4 Å². The minimum atomic E-state index is 0.157. The average molecular weight is 354 g/mol. The standard InChI is InChI=1S/C22H30N2O2/c1-21(2)10-18-11-22(3,13-21)14-24(18)20(26)17-6-4-15(5-7-17)12-23-19(25)16-8-9-16/h4-7,16,18H,8-14H2,1-3H3,(H,23,25). The largest absolute Gasteiger partial charge is 0.352 e. The second-order valence-electron chi connectivity index (χ2n) is 9.84. The van der Waals surface area contributed by atoms with Gasteiger partial charge in [-0.25, -0.2) is 0 Å². The zero-order valence-corrected chi connectivity index (χ0v) is 16.2. The van der Waals surface area contributed by atoms with E-state index in [0.717, 1.165) is 43.4 Å². The molecule has 2 saturated carbocycles. The average Bonchev–Trinajstić information content (AvgIpc) is 3.37. The van der Waals surface area contributed by atoms with E-state index >= 15 is 0 Å². The highest BCUT2D eigenvalue weighted by atomic mass is 16.2. The minimum absolute atomic E-state index is 0.157. The van der Waals surface area contributed by atoms with Crippen LogP contribution < -0.4 is 5.32 Å². The lowest BCUT2D eigenvalue weighted by Gasteiger charge is -2.39. The van der Waals surface area contributed by atoms with Gasteiger partial charge in [0.2, 0.25) is 5.91 Å². The van der Waals surface area contributed by atoms with Gasteiger partial charge in [0.25, 0.3) is 5.91 Å². The van der Waals surface area contributed by atoms with E-state index in [4.69, 9.17) is 0 Å². The molecule has 1 saturated heterocycles. The van der Waals surface area contributed by atoms with E-state index in [0.29, 0.717) is 18.0 Å². The van der Waals surface area contributed by atoms with Crippen molar-refractivity contribution < 1.29 is 9.59 Å². The summed E-state index contributed by atoms with van der Waals surface area (Å²) in [7, 11) is 0. The Morgan fingerprint density at radius 2 is 1.81 bits per heavy atom. The summed E-state index contributed by atoms with van der Waals surface area (Å²) in [6.45, 7) is 8.41. The first-order valence-corrected chi connectivity index (χ1v) is 9.92. The van der Waals surface area contributed by atoms with Crippen LogP contribution in [0.5, 0.6) is 0 Å². The maximum absolute atomic E-state index is 13.1. The number of rotatable bonds is 4. The first-order chi connectivity index (χ1) is 12.2. The van der Waals surface area contributed by atoms with E-state index in [1.165, 1.54) is 6.42 Å². The SMILES string of the molecule is CC1(C)CC2CC(C)(CN2C(=O)c2ccc(CNC(=O)C3CC3)cc2)C1. The summed E-state index contributed by atoms with van der Waals surface area (Å²) >= 11 is 0. The third-order valence-electron chi connectivity index (χ3n) is 6.29. The molecule has 2 atom stereocenters. The molecule has 2 amide bonds. The first-order valence-electron chi connectivity index (χ1n) is 9.92. The molecule has 1 N–H and O–H groups in total. The predicted octanol–water partition coefficient (Wildman–Crippen LogP) is 3.75. The highest BCUT2D eigenvalue weighted by Crippen LogP contribution is 2.52. The minimum Gasteiger partial charge on any atom is -0.352 e. The second-order valence-corrected chi connectivity index (χ2v) is 9.84. The van der Waals surface area contributed by atoms with Crippen molar-refractivity contribution in [1.29, 1.82) is 0 Å². The maximum Gasteiger partial charge on any atom is 0.254 e. The number of benzene rings is 1. The van der Waals surface area contributed by atoms with Crippen molar-refractivity contribution >= 4 is 11.8 Å². The molecule has 1 aliphatic heterocycles. The number of nitrogens with one attached hydrogen (secondary N) is 1. The molecule has 0 radical (unpaired) electrons. The van der Waals surface area contributed by atoms with Crippen molar-refractivity contribution in [3.8, 4) is 0 Å². The van der Waals surface area contributed by atoms with Gasteiger partial charge in [-0.05, 0) is 60.6 Å². The van der Waals surface area contributed by atoms with Gasteiger partial charge in [0.15, 0.2) is 0 Å². The molecule has 26 heavy (non-hydrogen) atoms. The zero-order valence-electron chi connectivity index (χ0n) is 16.2. The molecule has 4 rings (SSSR count). The van der Waals surface area contributed by atoms with Crippen LogP contribution in [-0.4, -0.2) is 29.3 Å². The van der Waals surface area contributed by atoms with Crippen LogP contribution in [0.25, 0.3) is 0 Å². The summed E-state index contributed by atoms with van der Waals surface area (Å²) in [5.41, 5.74) is 2.38. The fourth-order valence-electron chi connectivity index (χ4n) is 5.31. The van der Waals surface area contributed by atoms with Crippen LogP contribution in [0.3, 0.4) is 0 Å². The van der Waals surface area contributed by atoms with Crippen LogP contribution >= 0.6 is 0 Å². The zero-order chi connectivity index (χ0) is 18.5. The van der Waals surface area contributed by atoms with Crippen LogP contribution in [0.15, 0.2) is 24.3 Å². The maximum atomic E-state index is 13.1. The molecule has 0 spiro atoms. The molecular formula is C22H30N2O2. The molecule has 3 aliphatic rings. The van der Waals surface area contributed by atoms with Gasteiger partial charge in [0.05, 0.1) is 0 Å². The Labute approximate surface area is 156 Å². The van der Waals surface area contributed by atoms with Gasteiger partial charge in [-0.1, -0.05) is 32.9 Å². The lowest BCUT2D eigenvalue weighted by molar-refractivity contribution is -0.122. The number of carbonyl (C=O) groups excluding carboxylic acids is 2. The van der Waals surface area contributed by atoms with Gasteiger partial charge >= 0.3 is 0 Å². The molecule has 2 aliphatic carbocycles. The number of nitrogens with zero attached hydrogens (tertiary/aromatic N) is 1. The molecule has 2 unspecified atom stereocenters. The van der Waals surface area contributed by atoms with Crippen LogP contribution in [-0.2, 0) is 11.3 Å². The lowest BCUT2D eigenvalue weighted by atomic mass is 9.65. The van der Waals surface area contributed by atoms with Crippen LogP contribution in [0.1, 0.15) is 68.8 Å². The third-order valence-corrected chi connectivity index (χ3v) is 6.29. The Kier molecular flexibility index (Phi) is 4.13. The molecule has 4 heteroatoms. The van der Waals surface area contributed by atoms with E-state index in [2.05, 4.69) is 31.0 Å². The van der Waals surface area contributed by atoms with Crippen LogP contribution in [0.4, 0.5) is 0 Å². The molecule has 4 nitrogen and oxygen atoms in total. The Balaban J connectivity index is 1.41. The Hall–Kier alpha value is -1.84. The van der Waals surface area contributed by atoms with Crippen molar-refractivity contribution in [3.63, 3.8) is 0 Å². The summed E-state index contributed by atoms with van der Waals surface area (Å²) in [5, 5.41) is 2.97. The predicted molar refractivity (Wildman–Crippen MR) is 102 cm³/mol. The Morgan fingerprint density at radius 1 is 1.12 bits per heavy atom. The van der Waals surface area contributed by atoms with Gasteiger partial charge in [0, 0.05) is 30.6 Å².